The van der Waals surface area contributed by atoms with E-state index in [1.54, 1.807) is 6.07 Å². The van der Waals surface area contributed by atoms with Crippen molar-refractivity contribution in [3.63, 3.8) is 0 Å². The summed E-state index contributed by atoms with van der Waals surface area (Å²) in [4.78, 5) is 38.5. The molecule has 0 N–H and O–H groups in total. The van der Waals surface area contributed by atoms with Gasteiger partial charge in [0.2, 0.25) is 0 Å². The van der Waals surface area contributed by atoms with Crippen LogP contribution in [0.5, 0.6) is 0 Å². The van der Waals surface area contributed by atoms with Gasteiger partial charge in [-0.25, -0.2) is 0 Å². The zero-order valence-electron chi connectivity index (χ0n) is 30.9. The Balaban J connectivity index is 0.00000200. The van der Waals surface area contributed by atoms with Crippen LogP contribution in [-0.2, 0) is 19.1 Å². The predicted molar refractivity (Wildman–Crippen MR) is 190 cm³/mol. The average molecular weight is 663 g/mol. The van der Waals surface area contributed by atoms with Crippen molar-refractivity contribution in [3.8, 4) is 0 Å². The number of rotatable bonds is 29. The van der Waals surface area contributed by atoms with Crippen LogP contribution < -0.4 is 5.11 Å². The molecular weight excluding hydrogens is 592 g/mol. The van der Waals surface area contributed by atoms with Crippen LogP contribution in [0.15, 0.2) is 24.5 Å². The highest BCUT2D eigenvalue weighted by Crippen LogP contribution is 2.14. The van der Waals surface area contributed by atoms with E-state index in [0.717, 1.165) is 25.7 Å². The Morgan fingerprint density at radius 3 is 1.57 bits per heavy atom. The SMILES string of the molecule is CCCCCCCCCCCCCOC(=O)CC(C[N+](C)(C)C)OC(=O)CCCCCCCCCCCC.O=C([O-])c1cccnc1. The lowest BCUT2D eigenvalue weighted by atomic mass is 10.1. The molecule has 0 bridgehead atoms. The molecule has 0 aliphatic rings. The molecule has 1 aromatic rings. The van der Waals surface area contributed by atoms with E-state index in [0.29, 0.717) is 24.1 Å². The second-order valence-electron chi connectivity index (χ2n) is 14.0. The third-order valence-corrected chi connectivity index (χ3v) is 8.09. The first-order valence-electron chi connectivity index (χ1n) is 18.9. The summed E-state index contributed by atoms with van der Waals surface area (Å²) in [6.07, 6.45) is 29.4. The lowest BCUT2D eigenvalue weighted by molar-refractivity contribution is -0.873. The molecule has 0 aliphatic heterocycles. The van der Waals surface area contributed by atoms with Crippen LogP contribution >= 0.6 is 0 Å². The Labute approximate surface area is 288 Å². The molecule has 0 spiro atoms. The van der Waals surface area contributed by atoms with Gasteiger partial charge in [-0.3, -0.25) is 14.6 Å². The van der Waals surface area contributed by atoms with E-state index in [9.17, 15) is 19.5 Å². The van der Waals surface area contributed by atoms with Gasteiger partial charge >= 0.3 is 11.9 Å². The van der Waals surface area contributed by atoms with Gasteiger partial charge in [0.05, 0.1) is 40.1 Å². The number of aromatic carboxylic acids is 1. The summed E-state index contributed by atoms with van der Waals surface area (Å²) in [5, 5.41) is 10.0. The van der Waals surface area contributed by atoms with E-state index >= 15 is 0 Å². The van der Waals surface area contributed by atoms with Gasteiger partial charge in [0.1, 0.15) is 6.54 Å². The number of nitrogens with zero attached hydrogens (tertiary/aromatic N) is 2. The molecule has 0 saturated heterocycles. The van der Waals surface area contributed by atoms with E-state index in [2.05, 4.69) is 40.0 Å². The molecule has 0 aromatic carbocycles. The Morgan fingerprint density at radius 1 is 0.702 bits per heavy atom. The fourth-order valence-electron chi connectivity index (χ4n) is 5.44. The molecule has 1 unspecified atom stereocenters. The van der Waals surface area contributed by atoms with Crippen molar-refractivity contribution in [2.24, 2.45) is 0 Å². The number of esters is 2. The summed E-state index contributed by atoms with van der Waals surface area (Å²) >= 11 is 0. The third kappa shape index (κ3) is 31.9. The molecule has 0 amide bonds. The first kappa shape index (κ1) is 44.5. The number of carbonyl (C=O) groups is 3. The minimum atomic E-state index is -1.19. The summed E-state index contributed by atoms with van der Waals surface area (Å²) in [6, 6.07) is 2.98. The number of hydrogen-bond donors (Lipinski definition) is 0. The number of carbonyl (C=O) groups excluding carboxylic acids is 3. The smallest absolute Gasteiger partial charge is 0.309 e. The molecule has 0 radical (unpaired) electrons. The molecule has 1 rings (SSSR count). The molecule has 0 fully saturated rings. The van der Waals surface area contributed by atoms with Gasteiger partial charge in [-0.1, -0.05) is 142 Å². The number of unbranched alkanes of at least 4 members (excludes halogenated alkanes) is 19. The minimum Gasteiger partial charge on any atom is -0.545 e. The van der Waals surface area contributed by atoms with Crippen molar-refractivity contribution in [1.82, 2.24) is 4.98 Å². The summed E-state index contributed by atoms with van der Waals surface area (Å²) in [6.45, 7) is 5.59. The standard InChI is InChI=1S/C33H66NO4.C6H5NO2/c1-6-8-10-12-14-16-18-20-22-24-26-28-37-33(36)29-31(30-34(3,4)5)38-32(35)27-25-23-21-19-17-15-13-11-9-7-2;8-6(9)5-2-1-3-7-4-5/h31H,6-30H2,1-5H3;1-4H,(H,8,9)/q+1;/p-1. The molecule has 0 aliphatic carbocycles. The van der Waals surface area contributed by atoms with Crippen molar-refractivity contribution < 1.29 is 33.4 Å². The van der Waals surface area contributed by atoms with Crippen LogP contribution in [-0.4, -0.2) is 67.8 Å². The lowest BCUT2D eigenvalue weighted by Crippen LogP contribution is -2.44. The topological polar surface area (TPSA) is 106 Å². The zero-order chi connectivity index (χ0) is 35.0. The van der Waals surface area contributed by atoms with E-state index in [1.807, 2.05) is 0 Å². The molecular formula is C39H70N2O6. The van der Waals surface area contributed by atoms with Crippen molar-refractivity contribution in [2.75, 3.05) is 34.3 Å². The van der Waals surface area contributed by atoms with Gasteiger partial charge < -0.3 is 23.9 Å². The summed E-state index contributed by atoms with van der Waals surface area (Å²) < 4.78 is 11.9. The molecule has 8 heteroatoms. The molecule has 8 nitrogen and oxygen atoms in total. The van der Waals surface area contributed by atoms with Crippen molar-refractivity contribution in [1.29, 1.82) is 0 Å². The first-order valence-corrected chi connectivity index (χ1v) is 18.9. The second kappa shape index (κ2) is 30.8. The number of pyridine rings is 1. The second-order valence-corrected chi connectivity index (χ2v) is 14.0. The van der Waals surface area contributed by atoms with Crippen molar-refractivity contribution >= 4 is 17.9 Å². The molecule has 1 atom stereocenters. The lowest BCUT2D eigenvalue weighted by Gasteiger charge is -2.28. The van der Waals surface area contributed by atoms with Crippen LogP contribution in [0.2, 0.25) is 0 Å². The quantitative estimate of drug-likeness (QED) is 0.0480. The zero-order valence-corrected chi connectivity index (χ0v) is 30.9. The average Bonchev–Trinajstić information content (AvgIpc) is 3.02. The maximum Gasteiger partial charge on any atom is 0.309 e. The first-order chi connectivity index (χ1) is 22.6. The Bertz CT molecular complexity index is 887. The van der Waals surface area contributed by atoms with Crippen LogP contribution in [0.25, 0.3) is 0 Å². The maximum atomic E-state index is 12.4. The predicted octanol–water partition coefficient (Wildman–Crippen LogP) is 8.60. The molecule has 272 valence electrons. The summed E-state index contributed by atoms with van der Waals surface area (Å²) in [7, 11) is 6.17. The van der Waals surface area contributed by atoms with Gasteiger partial charge in [0.15, 0.2) is 6.10 Å². The summed E-state index contributed by atoms with van der Waals surface area (Å²) in [5.41, 5.74) is 0.109. The van der Waals surface area contributed by atoms with E-state index in [1.165, 1.54) is 128 Å². The number of aromatic nitrogens is 1. The van der Waals surface area contributed by atoms with Crippen molar-refractivity contribution in [2.45, 2.75) is 168 Å². The highest BCUT2D eigenvalue weighted by molar-refractivity contribution is 5.85. The van der Waals surface area contributed by atoms with Gasteiger partial charge in [-0.15, -0.1) is 0 Å². The Morgan fingerprint density at radius 2 is 1.17 bits per heavy atom. The highest BCUT2D eigenvalue weighted by atomic mass is 16.6. The van der Waals surface area contributed by atoms with Crippen LogP contribution in [0.1, 0.15) is 172 Å². The van der Waals surface area contributed by atoms with Crippen molar-refractivity contribution in [3.05, 3.63) is 30.1 Å². The number of carboxylic acid groups (broad SMARTS) is 1. The number of quaternary nitrogens is 1. The van der Waals surface area contributed by atoms with Gasteiger partial charge in [-0.2, -0.15) is 0 Å². The minimum absolute atomic E-state index is 0.109. The van der Waals surface area contributed by atoms with E-state index in [-0.39, 0.29) is 23.9 Å². The number of ether oxygens (including phenoxy) is 2. The van der Waals surface area contributed by atoms with Gasteiger partial charge in [0, 0.05) is 24.4 Å². The number of hydrogen-bond acceptors (Lipinski definition) is 7. The van der Waals surface area contributed by atoms with Gasteiger partial charge in [0.25, 0.3) is 0 Å². The monoisotopic (exact) mass is 663 g/mol. The molecule has 47 heavy (non-hydrogen) atoms. The Hall–Kier alpha value is -2.48. The number of carboxylic acids is 1. The molecule has 1 heterocycles. The normalized spacial score (nSPS) is 11.8. The highest BCUT2D eigenvalue weighted by Gasteiger charge is 2.25. The summed E-state index contributed by atoms with van der Waals surface area (Å²) in [5.74, 6) is -1.62. The molecule has 1 aromatic heterocycles. The van der Waals surface area contributed by atoms with Crippen LogP contribution in [0.4, 0.5) is 0 Å². The van der Waals surface area contributed by atoms with E-state index in [4.69, 9.17) is 9.47 Å². The fourth-order valence-corrected chi connectivity index (χ4v) is 5.44. The molecule has 0 saturated carbocycles. The van der Waals surface area contributed by atoms with E-state index < -0.39 is 12.1 Å². The third-order valence-electron chi connectivity index (χ3n) is 8.09. The Kier molecular flexibility index (Phi) is 29.2. The number of likely N-dealkylation sites (N-methyl/N-ethyl adjacent to an activating group) is 1. The fraction of sp³-hybridized carbons (Fsp3) is 0.795. The maximum absolute atomic E-state index is 12.4. The largest absolute Gasteiger partial charge is 0.545 e. The van der Waals surface area contributed by atoms with Crippen LogP contribution in [0.3, 0.4) is 0 Å². The van der Waals surface area contributed by atoms with Crippen LogP contribution in [0, 0.1) is 0 Å². The van der Waals surface area contributed by atoms with Gasteiger partial charge in [-0.05, 0) is 18.9 Å².